The lowest BCUT2D eigenvalue weighted by atomic mass is 10.2. The lowest BCUT2D eigenvalue weighted by Gasteiger charge is -2.16. The Morgan fingerprint density at radius 1 is 1.42 bits per heavy atom. The summed E-state index contributed by atoms with van der Waals surface area (Å²) in [6.07, 6.45) is 0.690. The maximum absolute atomic E-state index is 10.7. The van der Waals surface area contributed by atoms with Crippen molar-refractivity contribution in [3.8, 4) is 0 Å². The van der Waals surface area contributed by atoms with Crippen molar-refractivity contribution in [2.24, 2.45) is 10.9 Å². The van der Waals surface area contributed by atoms with E-state index in [1.54, 1.807) is 23.1 Å². The Balaban J connectivity index is 2.79. The Labute approximate surface area is 131 Å². The second kappa shape index (κ2) is 8.07. The van der Waals surface area contributed by atoms with E-state index in [0.717, 1.165) is 3.79 Å². The zero-order chi connectivity index (χ0) is 14.4. The fraction of sp³-hybridized carbons (Fsp3) is 0.538. The summed E-state index contributed by atoms with van der Waals surface area (Å²) in [5.41, 5.74) is 0. The van der Waals surface area contributed by atoms with E-state index in [4.69, 9.17) is 0 Å². The lowest BCUT2D eigenvalue weighted by molar-refractivity contribution is -0.108. The highest BCUT2D eigenvalue weighted by atomic mass is 79.9. The van der Waals surface area contributed by atoms with Crippen molar-refractivity contribution in [3.63, 3.8) is 0 Å². The molecule has 0 radical (unpaired) electrons. The topological polar surface area (TPSA) is 41.5 Å². The van der Waals surface area contributed by atoms with Crippen LogP contribution in [0.4, 0.5) is 0 Å². The van der Waals surface area contributed by atoms with Crippen LogP contribution in [0, 0.1) is 5.92 Å². The quantitative estimate of drug-likeness (QED) is 0.477. The van der Waals surface area contributed by atoms with Gasteiger partial charge in [0.05, 0.1) is 9.83 Å². The van der Waals surface area contributed by atoms with Crippen molar-refractivity contribution in [2.45, 2.75) is 39.0 Å². The standard InChI is InChI=1S/C13H19BrN2OS2/c1-8(2)10(4)18-13(15-7-17)16-9(3)11-5-6-12(14)19-11/h5-10H,1-4H3,(H,15,16,17)/t9-,10?/m0/s1. The minimum Gasteiger partial charge on any atom is -0.308 e. The number of aliphatic imine (C=N–C) groups is 1. The number of nitrogens with zero attached hydrogens (tertiary/aromatic N) is 1. The van der Waals surface area contributed by atoms with Crippen molar-refractivity contribution in [1.29, 1.82) is 0 Å². The van der Waals surface area contributed by atoms with E-state index in [0.29, 0.717) is 22.7 Å². The van der Waals surface area contributed by atoms with Crippen LogP contribution in [-0.4, -0.2) is 16.8 Å². The average Bonchev–Trinajstić information content (AvgIpc) is 2.76. The van der Waals surface area contributed by atoms with Gasteiger partial charge in [0.2, 0.25) is 6.41 Å². The summed E-state index contributed by atoms with van der Waals surface area (Å²) < 4.78 is 1.10. The molecule has 0 aliphatic carbocycles. The maximum atomic E-state index is 10.7. The van der Waals surface area contributed by atoms with Crippen LogP contribution in [0.5, 0.6) is 0 Å². The number of rotatable bonds is 5. The van der Waals surface area contributed by atoms with Gasteiger partial charge in [-0.1, -0.05) is 32.5 Å². The number of thiophene rings is 1. The van der Waals surface area contributed by atoms with Crippen molar-refractivity contribution in [3.05, 3.63) is 20.8 Å². The van der Waals surface area contributed by atoms with Crippen LogP contribution in [-0.2, 0) is 4.79 Å². The molecule has 1 unspecified atom stereocenters. The summed E-state index contributed by atoms with van der Waals surface area (Å²) in [5.74, 6) is 0.537. The number of nitrogens with one attached hydrogen (secondary N) is 1. The molecule has 0 aliphatic rings. The second-order valence-electron chi connectivity index (χ2n) is 4.58. The zero-order valence-electron chi connectivity index (χ0n) is 11.5. The van der Waals surface area contributed by atoms with Gasteiger partial charge in [-0.25, -0.2) is 0 Å². The fourth-order valence-electron chi connectivity index (χ4n) is 1.26. The Kier molecular flexibility index (Phi) is 7.10. The zero-order valence-corrected chi connectivity index (χ0v) is 14.7. The molecule has 0 aromatic carbocycles. The van der Waals surface area contributed by atoms with E-state index in [9.17, 15) is 4.79 Å². The van der Waals surface area contributed by atoms with E-state index in [1.165, 1.54) is 4.88 Å². The van der Waals surface area contributed by atoms with Crippen molar-refractivity contribution >= 4 is 50.6 Å². The predicted octanol–water partition coefficient (Wildman–Crippen LogP) is 4.45. The Morgan fingerprint density at radius 2 is 2.11 bits per heavy atom. The summed E-state index contributed by atoms with van der Waals surface area (Å²) in [7, 11) is 0. The summed E-state index contributed by atoms with van der Waals surface area (Å²) in [6.45, 7) is 8.50. The molecule has 0 saturated carbocycles. The smallest absolute Gasteiger partial charge is 0.213 e. The number of halogens is 1. The molecule has 1 heterocycles. The highest BCUT2D eigenvalue weighted by molar-refractivity contribution is 9.11. The number of amides is 1. The van der Waals surface area contributed by atoms with Gasteiger partial charge in [-0.3, -0.25) is 9.79 Å². The van der Waals surface area contributed by atoms with Crippen LogP contribution in [0.2, 0.25) is 0 Å². The number of amidine groups is 1. The molecule has 0 spiro atoms. The van der Waals surface area contributed by atoms with Crippen LogP contribution >= 0.6 is 39.0 Å². The number of hydrogen-bond acceptors (Lipinski definition) is 4. The van der Waals surface area contributed by atoms with Gasteiger partial charge in [-0.15, -0.1) is 11.3 Å². The molecular weight excluding hydrogens is 344 g/mol. The van der Waals surface area contributed by atoms with Gasteiger partial charge in [0.25, 0.3) is 0 Å². The minimum atomic E-state index is 0.0469. The molecule has 1 N–H and O–H groups in total. The van der Waals surface area contributed by atoms with E-state index in [1.807, 2.05) is 13.0 Å². The van der Waals surface area contributed by atoms with Crippen LogP contribution < -0.4 is 5.32 Å². The minimum absolute atomic E-state index is 0.0469. The molecule has 0 bridgehead atoms. The summed E-state index contributed by atoms with van der Waals surface area (Å²) in [6, 6.07) is 4.12. The van der Waals surface area contributed by atoms with E-state index in [2.05, 4.69) is 53.1 Å². The van der Waals surface area contributed by atoms with Crippen LogP contribution in [0.1, 0.15) is 38.6 Å². The van der Waals surface area contributed by atoms with E-state index >= 15 is 0 Å². The van der Waals surface area contributed by atoms with Crippen molar-refractivity contribution < 1.29 is 4.79 Å². The summed E-state index contributed by atoms with van der Waals surface area (Å²) >= 11 is 6.72. The molecule has 1 aromatic rings. The predicted molar refractivity (Wildman–Crippen MR) is 89.0 cm³/mol. The highest BCUT2D eigenvalue weighted by Crippen LogP contribution is 2.30. The van der Waals surface area contributed by atoms with Gasteiger partial charge < -0.3 is 5.32 Å². The summed E-state index contributed by atoms with van der Waals surface area (Å²) in [4.78, 5) is 16.5. The number of thioether (sulfide) groups is 1. The first-order chi connectivity index (χ1) is 8.93. The van der Waals surface area contributed by atoms with Gasteiger partial charge in [0, 0.05) is 10.1 Å². The van der Waals surface area contributed by atoms with Crippen LogP contribution in [0.25, 0.3) is 0 Å². The molecule has 3 nitrogen and oxygen atoms in total. The van der Waals surface area contributed by atoms with Gasteiger partial charge in [-0.05, 0) is 40.9 Å². The molecule has 6 heteroatoms. The first-order valence-electron chi connectivity index (χ1n) is 6.14. The van der Waals surface area contributed by atoms with Gasteiger partial charge in [0.15, 0.2) is 5.17 Å². The molecule has 1 rings (SSSR count). The van der Waals surface area contributed by atoms with Gasteiger partial charge >= 0.3 is 0 Å². The Hall–Kier alpha value is -0.330. The second-order valence-corrected chi connectivity index (χ2v) is 8.44. The third-order valence-electron chi connectivity index (χ3n) is 2.74. The SMILES string of the molecule is CC(C)C(C)SC(=N[C@@H](C)c1ccc(Br)s1)NC=O. The molecule has 1 aromatic heterocycles. The van der Waals surface area contributed by atoms with E-state index in [-0.39, 0.29) is 6.04 Å². The number of carbonyl (C=O) groups is 1. The first kappa shape index (κ1) is 16.7. The number of carbonyl (C=O) groups excluding carboxylic acids is 1. The van der Waals surface area contributed by atoms with E-state index < -0.39 is 0 Å². The Bertz CT molecular complexity index is 446. The molecule has 0 fully saturated rings. The largest absolute Gasteiger partial charge is 0.308 e. The van der Waals surface area contributed by atoms with Crippen LogP contribution in [0.3, 0.4) is 0 Å². The Morgan fingerprint density at radius 3 is 2.58 bits per heavy atom. The molecule has 19 heavy (non-hydrogen) atoms. The monoisotopic (exact) mass is 362 g/mol. The normalized spacial score (nSPS) is 15.4. The van der Waals surface area contributed by atoms with Crippen molar-refractivity contribution in [2.75, 3.05) is 0 Å². The fourth-order valence-corrected chi connectivity index (χ4v) is 3.63. The molecule has 0 saturated heterocycles. The average molecular weight is 363 g/mol. The maximum Gasteiger partial charge on any atom is 0.213 e. The summed E-state index contributed by atoms with van der Waals surface area (Å²) in [5, 5.41) is 3.80. The molecule has 2 atom stereocenters. The third kappa shape index (κ3) is 5.67. The van der Waals surface area contributed by atoms with Crippen molar-refractivity contribution in [1.82, 2.24) is 5.32 Å². The first-order valence-corrected chi connectivity index (χ1v) is 8.62. The number of hydrogen-bond donors (Lipinski definition) is 1. The molecule has 106 valence electrons. The third-order valence-corrected chi connectivity index (χ3v) is 5.89. The molecular formula is C13H19BrN2OS2. The molecule has 1 amide bonds. The molecule has 0 aliphatic heterocycles. The van der Waals surface area contributed by atoms with Gasteiger partial charge in [0.1, 0.15) is 0 Å². The highest BCUT2D eigenvalue weighted by Gasteiger charge is 2.14. The van der Waals surface area contributed by atoms with Gasteiger partial charge in [-0.2, -0.15) is 0 Å². The lowest BCUT2D eigenvalue weighted by Crippen LogP contribution is -2.23. The van der Waals surface area contributed by atoms with Crippen LogP contribution in [0.15, 0.2) is 20.9 Å².